The molecule has 7 nitrogen and oxygen atoms in total. The maximum atomic E-state index is 12.4. The van der Waals surface area contributed by atoms with Crippen LogP contribution in [-0.2, 0) is 11.3 Å². The quantitative estimate of drug-likeness (QED) is 0.481. The number of phenolic OH excluding ortho intramolecular Hbond substituents is 3. The fraction of sp³-hybridized carbons (Fsp3) is 0.150. The van der Waals surface area contributed by atoms with Gasteiger partial charge in [0, 0.05) is 11.1 Å². The number of carbonyl (C=O) groups excluding carboxylic acids is 1. The molecule has 0 bridgehead atoms. The van der Waals surface area contributed by atoms with Gasteiger partial charge in [-0.3, -0.25) is 0 Å². The highest BCUT2D eigenvalue weighted by atomic mass is 16.5. The first-order valence-corrected chi connectivity index (χ1v) is 8.08. The highest BCUT2D eigenvalue weighted by molar-refractivity contribution is 6.11. The molecule has 0 spiro atoms. The minimum Gasteiger partial charge on any atom is -0.504 e. The molecule has 1 aliphatic heterocycles. The van der Waals surface area contributed by atoms with Gasteiger partial charge in [-0.2, -0.15) is 0 Å². The molecule has 0 radical (unpaired) electrons. The fourth-order valence-electron chi connectivity index (χ4n) is 3.39. The summed E-state index contributed by atoms with van der Waals surface area (Å²) in [4.78, 5) is 12.4. The molecule has 0 atom stereocenters. The number of ether oxygens (including phenoxy) is 3. The SMILES string of the molecule is COc1cc2cc3c(c(-c4cc(O)c(O)c(OC)c4)c2cc1O)C(=O)OC3. The lowest BCUT2D eigenvalue weighted by Gasteiger charge is -2.15. The fourth-order valence-corrected chi connectivity index (χ4v) is 3.39. The number of rotatable bonds is 3. The monoisotopic (exact) mass is 368 g/mol. The standard InChI is InChI=1S/C20H16O7/c1-25-15-5-9-3-11-8-27-20(24)18(11)17(12(9)7-13(15)21)10-4-14(22)19(23)16(6-10)26-2/h3-7,21-23H,8H2,1-2H3. The highest BCUT2D eigenvalue weighted by Gasteiger charge is 2.29. The number of phenols is 3. The molecule has 0 saturated heterocycles. The van der Waals surface area contributed by atoms with Crippen molar-refractivity contribution < 1.29 is 34.3 Å². The predicted octanol–water partition coefficient (Wildman–Crippen LogP) is 3.31. The molecule has 4 rings (SSSR count). The normalized spacial score (nSPS) is 12.7. The number of fused-ring (bicyclic) bond motifs is 2. The van der Waals surface area contributed by atoms with Crippen LogP contribution in [0.1, 0.15) is 15.9 Å². The Balaban J connectivity index is 2.13. The Hall–Kier alpha value is -3.61. The van der Waals surface area contributed by atoms with Gasteiger partial charge in [0.15, 0.2) is 23.0 Å². The van der Waals surface area contributed by atoms with E-state index in [2.05, 4.69) is 0 Å². The summed E-state index contributed by atoms with van der Waals surface area (Å²) in [5.41, 5.74) is 1.94. The molecule has 0 fully saturated rings. The Labute approximate surface area is 154 Å². The average molecular weight is 368 g/mol. The van der Waals surface area contributed by atoms with Crippen molar-refractivity contribution in [3.63, 3.8) is 0 Å². The maximum absolute atomic E-state index is 12.4. The van der Waals surface area contributed by atoms with Crippen LogP contribution in [0.15, 0.2) is 30.3 Å². The summed E-state index contributed by atoms with van der Waals surface area (Å²) in [5.74, 6) is -1.02. The number of hydrogen-bond acceptors (Lipinski definition) is 7. The second-order valence-electron chi connectivity index (χ2n) is 6.15. The van der Waals surface area contributed by atoms with E-state index < -0.39 is 11.7 Å². The zero-order valence-electron chi connectivity index (χ0n) is 14.6. The van der Waals surface area contributed by atoms with Crippen LogP contribution in [-0.4, -0.2) is 35.5 Å². The van der Waals surface area contributed by atoms with E-state index in [9.17, 15) is 20.1 Å². The van der Waals surface area contributed by atoms with Crippen LogP contribution in [0.2, 0.25) is 0 Å². The van der Waals surface area contributed by atoms with Crippen molar-refractivity contribution in [3.05, 3.63) is 41.5 Å². The van der Waals surface area contributed by atoms with Crippen LogP contribution in [0.3, 0.4) is 0 Å². The topological polar surface area (TPSA) is 105 Å². The number of benzene rings is 3. The van der Waals surface area contributed by atoms with Gasteiger partial charge in [-0.1, -0.05) is 0 Å². The molecular formula is C20H16O7. The molecule has 1 heterocycles. The van der Waals surface area contributed by atoms with Crippen molar-refractivity contribution in [1.29, 1.82) is 0 Å². The molecule has 0 aromatic heterocycles. The first-order chi connectivity index (χ1) is 12.9. The van der Waals surface area contributed by atoms with Gasteiger partial charge in [0.25, 0.3) is 0 Å². The van der Waals surface area contributed by atoms with Gasteiger partial charge in [0.1, 0.15) is 6.61 Å². The van der Waals surface area contributed by atoms with Crippen molar-refractivity contribution in [3.8, 4) is 39.9 Å². The summed E-state index contributed by atoms with van der Waals surface area (Å²) in [7, 11) is 2.81. The molecular weight excluding hydrogens is 352 g/mol. The van der Waals surface area contributed by atoms with Crippen LogP contribution in [0, 0.1) is 0 Å². The third-order valence-corrected chi connectivity index (χ3v) is 4.65. The number of esters is 1. The molecule has 0 amide bonds. The third-order valence-electron chi connectivity index (χ3n) is 4.65. The van der Waals surface area contributed by atoms with Crippen molar-refractivity contribution in [1.82, 2.24) is 0 Å². The van der Waals surface area contributed by atoms with Crippen LogP contribution in [0.25, 0.3) is 21.9 Å². The van der Waals surface area contributed by atoms with Gasteiger partial charge in [-0.15, -0.1) is 0 Å². The molecule has 27 heavy (non-hydrogen) atoms. The summed E-state index contributed by atoms with van der Waals surface area (Å²) in [5, 5.41) is 31.5. The van der Waals surface area contributed by atoms with E-state index in [0.29, 0.717) is 33.4 Å². The van der Waals surface area contributed by atoms with E-state index in [4.69, 9.17) is 14.2 Å². The van der Waals surface area contributed by atoms with Gasteiger partial charge in [0.05, 0.1) is 19.8 Å². The van der Waals surface area contributed by atoms with Crippen molar-refractivity contribution in [2.45, 2.75) is 6.61 Å². The smallest absolute Gasteiger partial charge is 0.339 e. The van der Waals surface area contributed by atoms with Crippen LogP contribution >= 0.6 is 0 Å². The lowest BCUT2D eigenvalue weighted by Crippen LogP contribution is -1.99. The van der Waals surface area contributed by atoms with Gasteiger partial charge < -0.3 is 29.5 Å². The lowest BCUT2D eigenvalue weighted by molar-refractivity contribution is 0.0535. The Morgan fingerprint density at radius 2 is 1.63 bits per heavy atom. The predicted molar refractivity (Wildman–Crippen MR) is 96.6 cm³/mol. The Kier molecular flexibility index (Phi) is 3.73. The molecule has 3 N–H and O–H groups in total. The van der Waals surface area contributed by atoms with Crippen molar-refractivity contribution >= 4 is 16.7 Å². The van der Waals surface area contributed by atoms with Gasteiger partial charge >= 0.3 is 5.97 Å². The number of carbonyl (C=O) groups is 1. The molecule has 0 aliphatic carbocycles. The van der Waals surface area contributed by atoms with E-state index in [0.717, 1.165) is 5.39 Å². The molecule has 0 saturated carbocycles. The van der Waals surface area contributed by atoms with E-state index >= 15 is 0 Å². The maximum Gasteiger partial charge on any atom is 0.339 e. The second kappa shape index (κ2) is 5.98. The zero-order chi connectivity index (χ0) is 19.3. The van der Waals surface area contributed by atoms with E-state index in [1.54, 1.807) is 12.1 Å². The summed E-state index contributed by atoms with van der Waals surface area (Å²) < 4.78 is 15.5. The van der Waals surface area contributed by atoms with E-state index in [1.165, 1.54) is 32.4 Å². The Bertz CT molecular complexity index is 1100. The third kappa shape index (κ3) is 2.47. The molecule has 7 heteroatoms. The first-order valence-electron chi connectivity index (χ1n) is 8.08. The Morgan fingerprint density at radius 3 is 2.33 bits per heavy atom. The van der Waals surface area contributed by atoms with Gasteiger partial charge in [-0.05, 0) is 46.7 Å². The molecule has 0 unspecified atom stereocenters. The van der Waals surface area contributed by atoms with E-state index in [1.807, 2.05) is 0 Å². The second-order valence-corrected chi connectivity index (χ2v) is 6.15. The minimum absolute atomic E-state index is 0.0554. The average Bonchev–Trinajstić information content (AvgIpc) is 3.02. The summed E-state index contributed by atoms with van der Waals surface area (Å²) in [6.45, 7) is 0.126. The summed E-state index contributed by atoms with van der Waals surface area (Å²) >= 11 is 0. The van der Waals surface area contributed by atoms with Crippen LogP contribution < -0.4 is 9.47 Å². The molecule has 138 valence electrons. The number of aromatic hydroxyl groups is 3. The largest absolute Gasteiger partial charge is 0.504 e. The first kappa shape index (κ1) is 16.8. The number of hydrogen-bond donors (Lipinski definition) is 3. The van der Waals surface area contributed by atoms with Crippen LogP contribution in [0.5, 0.6) is 28.7 Å². The lowest BCUT2D eigenvalue weighted by atomic mass is 9.90. The zero-order valence-corrected chi connectivity index (χ0v) is 14.6. The van der Waals surface area contributed by atoms with E-state index in [-0.39, 0.29) is 23.9 Å². The number of methoxy groups -OCH3 is 2. The van der Waals surface area contributed by atoms with Crippen molar-refractivity contribution in [2.75, 3.05) is 14.2 Å². The Morgan fingerprint density at radius 1 is 0.889 bits per heavy atom. The number of cyclic esters (lactones) is 1. The summed E-state index contributed by atoms with van der Waals surface area (Å²) in [6, 6.07) is 7.80. The minimum atomic E-state index is -0.497. The highest BCUT2D eigenvalue weighted by Crippen LogP contribution is 2.46. The summed E-state index contributed by atoms with van der Waals surface area (Å²) in [6.07, 6.45) is 0. The van der Waals surface area contributed by atoms with Gasteiger partial charge in [0.2, 0.25) is 5.75 Å². The van der Waals surface area contributed by atoms with Gasteiger partial charge in [-0.25, -0.2) is 4.79 Å². The van der Waals surface area contributed by atoms with Crippen LogP contribution in [0.4, 0.5) is 0 Å². The molecule has 3 aromatic carbocycles. The molecule has 1 aliphatic rings. The van der Waals surface area contributed by atoms with Crippen molar-refractivity contribution in [2.24, 2.45) is 0 Å². The molecule has 3 aromatic rings.